The summed E-state index contributed by atoms with van der Waals surface area (Å²) in [5.74, 6) is 0. The van der Waals surface area contributed by atoms with Crippen molar-refractivity contribution in [3.05, 3.63) is 182 Å². The number of nitrogens with zero attached hydrogens (tertiary/aromatic N) is 4. The number of benzene rings is 8. The van der Waals surface area contributed by atoms with Crippen LogP contribution in [0.15, 0.2) is 182 Å². The van der Waals surface area contributed by atoms with Crippen molar-refractivity contribution in [2.75, 3.05) is 0 Å². The highest BCUT2D eigenvalue weighted by atomic mass is 15.0. The molecule has 242 valence electrons. The SMILES string of the molecule is c1ccc(-c2nc3ccc4ccc(-n5c6ccccc6c6c7c8ccccc8n(-c8ccccc8)c7ccc65)cc4c3nc2-c2ccccc2)cc1. The Morgan fingerprint density at radius 2 is 0.846 bits per heavy atom. The first-order chi connectivity index (χ1) is 25.8. The highest BCUT2D eigenvalue weighted by Crippen LogP contribution is 2.43. The Bertz CT molecular complexity index is 3160. The first-order valence-electron chi connectivity index (χ1n) is 17.7. The molecular formula is C48H30N4. The standard InChI is InChI=1S/C48H30N4/c1-4-14-32(15-5-1)46-47(33-16-6-2-7-17-33)50-48-38-30-35(26-24-31(38)25-27-39(48)49-46)52-41-23-13-11-21-37(41)45-43(52)29-28-42-44(45)36-20-10-12-22-40(36)51(42)34-18-8-3-9-19-34/h1-30H. The van der Waals surface area contributed by atoms with Gasteiger partial charge in [0, 0.05) is 49.4 Å². The second-order valence-corrected chi connectivity index (χ2v) is 13.4. The van der Waals surface area contributed by atoms with E-state index in [4.69, 9.17) is 9.97 Å². The van der Waals surface area contributed by atoms with E-state index < -0.39 is 0 Å². The summed E-state index contributed by atoms with van der Waals surface area (Å²) in [6, 6.07) is 64.6. The van der Waals surface area contributed by atoms with E-state index >= 15 is 0 Å². The summed E-state index contributed by atoms with van der Waals surface area (Å²) < 4.78 is 4.81. The Labute approximate surface area is 299 Å². The molecule has 0 fully saturated rings. The van der Waals surface area contributed by atoms with E-state index in [1.807, 2.05) is 12.1 Å². The molecule has 3 heterocycles. The van der Waals surface area contributed by atoms with Crippen molar-refractivity contribution in [1.82, 2.24) is 19.1 Å². The maximum Gasteiger partial charge on any atom is 0.0973 e. The fourth-order valence-corrected chi connectivity index (χ4v) is 8.21. The van der Waals surface area contributed by atoms with Crippen LogP contribution in [0.3, 0.4) is 0 Å². The van der Waals surface area contributed by atoms with Gasteiger partial charge < -0.3 is 9.13 Å². The van der Waals surface area contributed by atoms with Crippen LogP contribution >= 0.6 is 0 Å². The highest BCUT2D eigenvalue weighted by molar-refractivity contribution is 6.29. The van der Waals surface area contributed by atoms with Crippen LogP contribution < -0.4 is 0 Å². The molecule has 0 unspecified atom stereocenters. The van der Waals surface area contributed by atoms with Gasteiger partial charge in [-0.15, -0.1) is 0 Å². The van der Waals surface area contributed by atoms with Crippen LogP contribution in [0.2, 0.25) is 0 Å². The number of hydrogen-bond acceptors (Lipinski definition) is 2. The summed E-state index contributed by atoms with van der Waals surface area (Å²) in [6.07, 6.45) is 0. The van der Waals surface area contributed by atoms with Gasteiger partial charge in [0.1, 0.15) is 0 Å². The molecule has 0 saturated carbocycles. The minimum atomic E-state index is 0.876. The van der Waals surface area contributed by atoms with Gasteiger partial charge >= 0.3 is 0 Å². The Balaban J connectivity index is 1.21. The first-order valence-corrected chi connectivity index (χ1v) is 17.7. The first kappa shape index (κ1) is 28.8. The number of aromatic nitrogens is 4. The molecule has 0 bridgehead atoms. The van der Waals surface area contributed by atoms with E-state index in [9.17, 15) is 0 Å². The third-order valence-corrected chi connectivity index (χ3v) is 10.5. The summed E-state index contributed by atoms with van der Waals surface area (Å²) in [5, 5.41) is 7.21. The average molecular weight is 663 g/mol. The normalized spacial score (nSPS) is 11.8. The van der Waals surface area contributed by atoms with Crippen LogP contribution in [0.5, 0.6) is 0 Å². The molecule has 0 radical (unpaired) electrons. The van der Waals surface area contributed by atoms with Crippen LogP contribution in [-0.2, 0) is 0 Å². The molecule has 0 aliphatic rings. The predicted octanol–water partition coefficient (Wildman–Crippen LogP) is 12.3. The Kier molecular flexibility index (Phi) is 6.22. The lowest BCUT2D eigenvalue weighted by Crippen LogP contribution is -1.97. The lowest BCUT2D eigenvalue weighted by molar-refractivity contribution is 1.17. The van der Waals surface area contributed by atoms with Crippen molar-refractivity contribution in [3.63, 3.8) is 0 Å². The van der Waals surface area contributed by atoms with Gasteiger partial charge in [0.05, 0.1) is 44.5 Å². The smallest absolute Gasteiger partial charge is 0.0973 e. The quantitative estimate of drug-likeness (QED) is 0.176. The maximum absolute atomic E-state index is 5.43. The summed E-state index contributed by atoms with van der Waals surface area (Å²) >= 11 is 0. The van der Waals surface area contributed by atoms with Gasteiger partial charge in [-0.2, -0.15) is 0 Å². The summed E-state index contributed by atoms with van der Waals surface area (Å²) in [7, 11) is 0. The molecule has 4 heteroatoms. The molecule has 0 amide bonds. The zero-order valence-corrected chi connectivity index (χ0v) is 28.1. The predicted molar refractivity (Wildman–Crippen MR) is 217 cm³/mol. The van der Waals surface area contributed by atoms with Crippen LogP contribution in [-0.4, -0.2) is 19.1 Å². The minimum absolute atomic E-state index is 0.876. The van der Waals surface area contributed by atoms with Crippen molar-refractivity contribution in [2.45, 2.75) is 0 Å². The fraction of sp³-hybridized carbons (Fsp3) is 0. The lowest BCUT2D eigenvalue weighted by atomic mass is 10.0. The van der Waals surface area contributed by atoms with Crippen LogP contribution in [0, 0.1) is 0 Å². The molecule has 0 aliphatic heterocycles. The fourth-order valence-electron chi connectivity index (χ4n) is 8.21. The summed E-state index contributed by atoms with van der Waals surface area (Å²) in [4.78, 5) is 10.7. The monoisotopic (exact) mass is 662 g/mol. The van der Waals surface area contributed by atoms with E-state index in [1.165, 1.54) is 43.6 Å². The molecule has 8 aromatic carbocycles. The van der Waals surface area contributed by atoms with Crippen molar-refractivity contribution in [3.8, 4) is 33.9 Å². The number of rotatable bonds is 4. The van der Waals surface area contributed by atoms with Gasteiger partial charge in [0.15, 0.2) is 0 Å². The topological polar surface area (TPSA) is 35.6 Å². The van der Waals surface area contributed by atoms with Gasteiger partial charge in [-0.3, -0.25) is 0 Å². The molecular weight excluding hydrogens is 633 g/mol. The van der Waals surface area contributed by atoms with Gasteiger partial charge in [0.25, 0.3) is 0 Å². The molecule has 3 aromatic heterocycles. The molecule has 0 atom stereocenters. The van der Waals surface area contributed by atoms with Crippen LogP contribution in [0.25, 0.3) is 99.3 Å². The molecule has 11 rings (SSSR count). The molecule has 0 aliphatic carbocycles. The third kappa shape index (κ3) is 4.21. The summed E-state index contributed by atoms with van der Waals surface area (Å²) in [6.45, 7) is 0. The maximum atomic E-state index is 5.43. The van der Waals surface area contributed by atoms with E-state index in [0.29, 0.717) is 0 Å². The number of hydrogen-bond donors (Lipinski definition) is 0. The lowest BCUT2D eigenvalue weighted by Gasteiger charge is -2.14. The number of fused-ring (bicyclic) bond motifs is 10. The summed E-state index contributed by atoms with van der Waals surface area (Å²) in [5.41, 5.74) is 12.6. The largest absolute Gasteiger partial charge is 0.309 e. The number of para-hydroxylation sites is 3. The zero-order chi connectivity index (χ0) is 34.2. The molecule has 0 N–H and O–H groups in total. The molecule has 0 spiro atoms. The minimum Gasteiger partial charge on any atom is -0.309 e. The van der Waals surface area contributed by atoms with Crippen LogP contribution in [0.4, 0.5) is 0 Å². The van der Waals surface area contributed by atoms with Crippen molar-refractivity contribution < 1.29 is 0 Å². The Morgan fingerprint density at radius 1 is 0.346 bits per heavy atom. The van der Waals surface area contributed by atoms with Crippen molar-refractivity contribution in [1.29, 1.82) is 0 Å². The zero-order valence-electron chi connectivity index (χ0n) is 28.1. The van der Waals surface area contributed by atoms with E-state index in [0.717, 1.165) is 55.7 Å². The van der Waals surface area contributed by atoms with Gasteiger partial charge in [-0.1, -0.05) is 127 Å². The second-order valence-electron chi connectivity index (χ2n) is 13.4. The molecule has 11 aromatic rings. The third-order valence-electron chi connectivity index (χ3n) is 10.5. The van der Waals surface area contributed by atoms with E-state index in [-0.39, 0.29) is 0 Å². The van der Waals surface area contributed by atoms with Crippen LogP contribution in [0.1, 0.15) is 0 Å². The molecule has 52 heavy (non-hydrogen) atoms. The molecule has 0 saturated heterocycles. The molecule has 4 nitrogen and oxygen atoms in total. The second kappa shape index (κ2) is 11.2. The van der Waals surface area contributed by atoms with Gasteiger partial charge in [-0.25, -0.2) is 9.97 Å². The highest BCUT2D eigenvalue weighted by Gasteiger charge is 2.21. The van der Waals surface area contributed by atoms with Gasteiger partial charge in [-0.05, 0) is 60.0 Å². The average Bonchev–Trinajstić information content (AvgIpc) is 3.74. The Hall–Kier alpha value is -7.04. The van der Waals surface area contributed by atoms with Crippen molar-refractivity contribution >= 4 is 65.4 Å². The Morgan fingerprint density at radius 3 is 1.46 bits per heavy atom. The van der Waals surface area contributed by atoms with E-state index in [1.54, 1.807) is 0 Å². The van der Waals surface area contributed by atoms with Crippen molar-refractivity contribution in [2.24, 2.45) is 0 Å². The van der Waals surface area contributed by atoms with E-state index in [2.05, 4.69) is 179 Å². The van der Waals surface area contributed by atoms with Gasteiger partial charge in [0.2, 0.25) is 0 Å².